The molecule has 0 spiro atoms. The van der Waals surface area contributed by atoms with Crippen molar-refractivity contribution in [3.05, 3.63) is 47.0 Å². The number of hydrogen-bond acceptors (Lipinski definition) is 5. The highest BCUT2D eigenvalue weighted by atomic mass is 35.5. The minimum Gasteiger partial charge on any atom is -0.598 e. The molecule has 25 heavy (non-hydrogen) atoms. The second-order valence-electron chi connectivity index (χ2n) is 6.52. The molecule has 1 aromatic carbocycles. The standard InChI is InChI=1S/C18H23ClN2O3S/c1-12(21-25(22)18(2,3)4)15-10-11-16(20-17(15)23-5)24-14-8-6-13(19)7-9-14/h6-12,21H,1-5H3/t12?,25-/m1/s1. The topological polar surface area (TPSA) is 66.4 Å². The van der Waals surface area contributed by atoms with Gasteiger partial charge in [-0.1, -0.05) is 11.6 Å². The van der Waals surface area contributed by atoms with E-state index in [0.29, 0.717) is 22.5 Å². The summed E-state index contributed by atoms with van der Waals surface area (Å²) in [6.45, 7) is 7.67. The molecule has 1 heterocycles. The third-order valence-electron chi connectivity index (χ3n) is 3.40. The zero-order valence-electron chi connectivity index (χ0n) is 15.0. The molecule has 2 aromatic rings. The van der Waals surface area contributed by atoms with Crippen molar-refractivity contribution in [2.45, 2.75) is 38.5 Å². The van der Waals surface area contributed by atoms with Crippen LogP contribution in [-0.2, 0) is 11.4 Å². The quantitative estimate of drug-likeness (QED) is 0.736. The van der Waals surface area contributed by atoms with Crippen LogP contribution < -0.4 is 14.2 Å². The Morgan fingerprint density at radius 2 is 1.80 bits per heavy atom. The van der Waals surface area contributed by atoms with Crippen LogP contribution in [0.3, 0.4) is 0 Å². The summed E-state index contributed by atoms with van der Waals surface area (Å²) in [5, 5.41) is 0.639. The number of nitrogens with one attached hydrogen (secondary N) is 1. The maximum atomic E-state index is 12.3. The largest absolute Gasteiger partial charge is 0.598 e. The van der Waals surface area contributed by atoms with Crippen molar-refractivity contribution >= 4 is 23.0 Å². The lowest BCUT2D eigenvalue weighted by atomic mass is 10.1. The van der Waals surface area contributed by atoms with Crippen molar-refractivity contribution in [1.29, 1.82) is 0 Å². The van der Waals surface area contributed by atoms with Crippen LogP contribution in [0, 0.1) is 0 Å². The molecule has 1 unspecified atom stereocenters. The van der Waals surface area contributed by atoms with Gasteiger partial charge in [0.1, 0.15) is 10.5 Å². The highest BCUT2D eigenvalue weighted by Crippen LogP contribution is 2.30. The molecule has 136 valence electrons. The number of hydrogen-bond donors (Lipinski definition) is 1. The van der Waals surface area contributed by atoms with E-state index in [-0.39, 0.29) is 10.8 Å². The molecule has 7 heteroatoms. The number of ether oxygens (including phenoxy) is 2. The van der Waals surface area contributed by atoms with Crippen molar-refractivity contribution < 1.29 is 14.0 Å². The van der Waals surface area contributed by atoms with Crippen LogP contribution in [0.25, 0.3) is 0 Å². The van der Waals surface area contributed by atoms with Crippen LogP contribution in [0.15, 0.2) is 36.4 Å². The van der Waals surface area contributed by atoms with Crippen LogP contribution in [0.5, 0.6) is 17.5 Å². The number of rotatable bonds is 6. The lowest BCUT2D eigenvalue weighted by molar-refractivity contribution is 0.374. The molecule has 0 bridgehead atoms. The molecule has 2 atom stereocenters. The molecule has 1 aromatic heterocycles. The van der Waals surface area contributed by atoms with Crippen LogP contribution in [0.4, 0.5) is 0 Å². The Balaban J connectivity index is 2.16. The number of nitrogens with zero attached hydrogens (tertiary/aromatic N) is 1. The summed E-state index contributed by atoms with van der Waals surface area (Å²) < 4.78 is 26.1. The highest BCUT2D eigenvalue weighted by Gasteiger charge is 2.29. The van der Waals surface area contributed by atoms with Crippen molar-refractivity contribution in [3.63, 3.8) is 0 Å². The normalized spacial score (nSPS) is 14.0. The zero-order chi connectivity index (χ0) is 18.6. The predicted octanol–water partition coefficient (Wildman–Crippen LogP) is 4.65. The van der Waals surface area contributed by atoms with Gasteiger partial charge in [-0.15, -0.1) is 4.72 Å². The second kappa shape index (κ2) is 8.27. The molecule has 1 N–H and O–H groups in total. The van der Waals surface area contributed by atoms with E-state index in [0.717, 1.165) is 5.56 Å². The zero-order valence-corrected chi connectivity index (χ0v) is 16.6. The lowest BCUT2D eigenvalue weighted by Crippen LogP contribution is -2.40. The Bertz CT molecular complexity index is 704. The summed E-state index contributed by atoms with van der Waals surface area (Å²) in [6, 6.07) is 10.4. The van der Waals surface area contributed by atoms with Gasteiger partial charge in [0, 0.05) is 28.0 Å². The third-order valence-corrected chi connectivity index (χ3v) is 5.33. The summed E-state index contributed by atoms with van der Waals surface area (Å²) in [6.07, 6.45) is 0. The van der Waals surface area contributed by atoms with Gasteiger partial charge in [0.25, 0.3) is 0 Å². The van der Waals surface area contributed by atoms with E-state index < -0.39 is 11.4 Å². The van der Waals surface area contributed by atoms with Gasteiger partial charge in [0.05, 0.1) is 13.2 Å². The van der Waals surface area contributed by atoms with Gasteiger partial charge < -0.3 is 14.0 Å². The summed E-state index contributed by atoms with van der Waals surface area (Å²) in [5.41, 5.74) is 0.809. The van der Waals surface area contributed by atoms with Gasteiger partial charge in [-0.2, -0.15) is 4.98 Å². The summed E-state index contributed by atoms with van der Waals surface area (Å²) >= 11 is 4.67. The van der Waals surface area contributed by atoms with Gasteiger partial charge in [-0.25, -0.2) is 0 Å². The van der Waals surface area contributed by atoms with Crippen LogP contribution in [0.1, 0.15) is 39.3 Å². The monoisotopic (exact) mass is 382 g/mol. The molecule has 0 saturated heterocycles. The van der Waals surface area contributed by atoms with E-state index in [1.165, 1.54) is 0 Å². The minimum atomic E-state index is -1.19. The second-order valence-corrected chi connectivity index (χ2v) is 8.96. The average Bonchev–Trinajstić information content (AvgIpc) is 2.55. The van der Waals surface area contributed by atoms with Crippen molar-refractivity contribution in [3.8, 4) is 17.5 Å². The van der Waals surface area contributed by atoms with E-state index in [4.69, 9.17) is 21.1 Å². The molecule has 0 aliphatic carbocycles. The molecule has 5 nitrogen and oxygen atoms in total. The molecular formula is C18H23ClN2O3S. The van der Waals surface area contributed by atoms with Gasteiger partial charge in [0.2, 0.25) is 11.8 Å². The fraction of sp³-hybridized carbons (Fsp3) is 0.389. The summed E-state index contributed by atoms with van der Waals surface area (Å²) in [4.78, 5) is 4.38. The molecular weight excluding hydrogens is 360 g/mol. The van der Waals surface area contributed by atoms with Gasteiger partial charge in [0.15, 0.2) is 0 Å². The Kier molecular flexibility index (Phi) is 6.57. The number of pyridine rings is 1. The fourth-order valence-corrected chi connectivity index (χ4v) is 2.94. The van der Waals surface area contributed by atoms with Gasteiger partial charge in [-0.3, -0.25) is 0 Å². The first-order valence-electron chi connectivity index (χ1n) is 7.87. The number of halogens is 1. The Morgan fingerprint density at radius 3 is 2.36 bits per heavy atom. The molecule has 0 saturated carbocycles. The van der Waals surface area contributed by atoms with Crippen LogP contribution >= 0.6 is 11.6 Å². The molecule has 2 rings (SSSR count). The molecule has 0 aliphatic rings. The van der Waals surface area contributed by atoms with Gasteiger partial charge >= 0.3 is 0 Å². The first-order valence-corrected chi connectivity index (χ1v) is 9.40. The van der Waals surface area contributed by atoms with E-state index in [1.807, 2.05) is 33.8 Å². The van der Waals surface area contributed by atoms with E-state index in [2.05, 4.69) is 9.71 Å². The number of benzene rings is 1. The summed E-state index contributed by atoms with van der Waals surface area (Å²) in [5.74, 6) is 1.47. The molecule has 0 fully saturated rings. The smallest absolute Gasteiger partial charge is 0.222 e. The third kappa shape index (κ3) is 5.51. The minimum absolute atomic E-state index is 0.188. The maximum Gasteiger partial charge on any atom is 0.222 e. The van der Waals surface area contributed by atoms with Crippen LogP contribution in [0.2, 0.25) is 5.02 Å². The van der Waals surface area contributed by atoms with E-state index in [9.17, 15) is 4.55 Å². The summed E-state index contributed by atoms with van der Waals surface area (Å²) in [7, 11) is 1.55. The predicted molar refractivity (Wildman–Crippen MR) is 102 cm³/mol. The fourth-order valence-electron chi connectivity index (χ4n) is 2.01. The van der Waals surface area contributed by atoms with Crippen LogP contribution in [-0.4, -0.2) is 21.4 Å². The van der Waals surface area contributed by atoms with Crippen molar-refractivity contribution in [1.82, 2.24) is 9.71 Å². The average molecular weight is 383 g/mol. The van der Waals surface area contributed by atoms with Crippen molar-refractivity contribution in [2.75, 3.05) is 7.11 Å². The van der Waals surface area contributed by atoms with E-state index in [1.54, 1.807) is 37.4 Å². The lowest BCUT2D eigenvalue weighted by Gasteiger charge is -2.27. The Labute approximate surface area is 157 Å². The van der Waals surface area contributed by atoms with E-state index >= 15 is 0 Å². The first kappa shape index (κ1) is 19.8. The number of methoxy groups -OCH3 is 1. The highest BCUT2D eigenvalue weighted by molar-refractivity contribution is 7.90. The number of aromatic nitrogens is 1. The Hall–Kier alpha value is -1.47. The van der Waals surface area contributed by atoms with Gasteiger partial charge in [-0.05, 0) is 58.0 Å². The molecule has 0 amide bonds. The van der Waals surface area contributed by atoms with Crippen molar-refractivity contribution in [2.24, 2.45) is 0 Å². The first-order chi connectivity index (χ1) is 11.7. The maximum absolute atomic E-state index is 12.3. The Morgan fingerprint density at radius 1 is 1.16 bits per heavy atom. The molecule has 0 aliphatic heterocycles. The molecule has 0 radical (unpaired) electrons. The SMILES string of the molecule is COc1nc(Oc2ccc(Cl)cc2)ccc1C(C)N[S@+]([O-])C(C)(C)C.